The average Bonchev–Trinajstić information content (AvgIpc) is 3.08. The standard InChI is InChI=1S/C23H20N2/c1-16-11-13-19(14-12-16)22-21(18-8-4-3-5-9-18)24-23(25-22)20-10-6-7-17(2)15-20/h3-15H,1-2H3,(H,24,25). The van der Waals surface area contributed by atoms with E-state index in [0.29, 0.717) is 0 Å². The van der Waals surface area contributed by atoms with Crippen molar-refractivity contribution in [3.8, 4) is 33.9 Å². The smallest absolute Gasteiger partial charge is 0.138 e. The molecule has 2 heteroatoms. The van der Waals surface area contributed by atoms with E-state index < -0.39 is 0 Å². The van der Waals surface area contributed by atoms with Gasteiger partial charge in [0.25, 0.3) is 0 Å². The number of nitrogens with zero attached hydrogens (tertiary/aromatic N) is 1. The number of H-pyrrole nitrogens is 1. The van der Waals surface area contributed by atoms with Gasteiger partial charge in [-0.3, -0.25) is 0 Å². The monoisotopic (exact) mass is 324 g/mol. The Balaban J connectivity index is 1.90. The number of rotatable bonds is 3. The molecule has 1 N–H and O–H groups in total. The molecule has 0 aliphatic heterocycles. The summed E-state index contributed by atoms with van der Waals surface area (Å²) in [5, 5.41) is 0. The van der Waals surface area contributed by atoms with Gasteiger partial charge in [0.1, 0.15) is 5.82 Å². The average molecular weight is 324 g/mol. The Labute approximate surface area is 148 Å². The largest absolute Gasteiger partial charge is 0.337 e. The van der Waals surface area contributed by atoms with Crippen molar-refractivity contribution in [1.29, 1.82) is 0 Å². The third kappa shape index (κ3) is 3.11. The van der Waals surface area contributed by atoms with Gasteiger partial charge < -0.3 is 4.98 Å². The van der Waals surface area contributed by atoms with E-state index in [1.807, 2.05) is 6.07 Å². The molecular weight excluding hydrogens is 304 g/mol. The zero-order valence-corrected chi connectivity index (χ0v) is 14.5. The van der Waals surface area contributed by atoms with Crippen LogP contribution in [-0.4, -0.2) is 9.97 Å². The maximum atomic E-state index is 4.94. The first-order valence-corrected chi connectivity index (χ1v) is 8.50. The summed E-state index contributed by atoms with van der Waals surface area (Å²) in [4.78, 5) is 8.48. The summed E-state index contributed by atoms with van der Waals surface area (Å²) >= 11 is 0. The van der Waals surface area contributed by atoms with Gasteiger partial charge >= 0.3 is 0 Å². The van der Waals surface area contributed by atoms with Crippen LogP contribution in [0.4, 0.5) is 0 Å². The topological polar surface area (TPSA) is 28.7 Å². The summed E-state index contributed by atoms with van der Waals surface area (Å²) in [5.74, 6) is 0.901. The van der Waals surface area contributed by atoms with E-state index in [1.54, 1.807) is 0 Å². The molecule has 0 saturated heterocycles. The molecule has 122 valence electrons. The van der Waals surface area contributed by atoms with Crippen molar-refractivity contribution in [3.05, 3.63) is 90.0 Å². The molecule has 4 rings (SSSR count). The van der Waals surface area contributed by atoms with Crippen molar-refractivity contribution in [1.82, 2.24) is 9.97 Å². The van der Waals surface area contributed by atoms with E-state index in [9.17, 15) is 0 Å². The SMILES string of the molecule is Cc1ccc(-c2[nH]c(-c3cccc(C)c3)nc2-c2ccccc2)cc1. The first kappa shape index (κ1) is 15.4. The molecule has 0 aliphatic rings. The lowest BCUT2D eigenvalue weighted by atomic mass is 10.0. The highest BCUT2D eigenvalue weighted by Gasteiger charge is 2.15. The molecule has 3 aromatic carbocycles. The summed E-state index contributed by atoms with van der Waals surface area (Å²) < 4.78 is 0. The lowest BCUT2D eigenvalue weighted by Gasteiger charge is -2.03. The van der Waals surface area contributed by atoms with Gasteiger partial charge in [-0.1, -0.05) is 83.9 Å². The highest BCUT2D eigenvalue weighted by atomic mass is 14.9. The van der Waals surface area contributed by atoms with E-state index >= 15 is 0 Å². The van der Waals surface area contributed by atoms with Crippen molar-refractivity contribution >= 4 is 0 Å². The van der Waals surface area contributed by atoms with Crippen LogP contribution in [0.1, 0.15) is 11.1 Å². The maximum Gasteiger partial charge on any atom is 0.138 e. The molecule has 0 fully saturated rings. The number of imidazole rings is 1. The number of nitrogens with one attached hydrogen (secondary N) is 1. The molecule has 0 unspecified atom stereocenters. The van der Waals surface area contributed by atoms with Crippen molar-refractivity contribution in [2.75, 3.05) is 0 Å². The maximum absolute atomic E-state index is 4.94. The molecular formula is C23H20N2. The Hall–Kier alpha value is -3.13. The molecule has 0 saturated carbocycles. The van der Waals surface area contributed by atoms with Crippen LogP contribution in [0.2, 0.25) is 0 Å². The molecule has 0 aliphatic carbocycles. The minimum atomic E-state index is 0.901. The third-order valence-electron chi connectivity index (χ3n) is 4.38. The Morgan fingerprint density at radius 2 is 1.36 bits per heavy atom. The van der Waals surface area contributed by atoms with Gasteiger partial charge in [-0.25, -0.2) is 4.98 Å². The lowest BCUT2D eigenvalue weighted by molar-refractivity contribution is 1.30. The van der Waals surface area contributed by atoms with Gasteiger partial charge in [0.05, 0.1) is 11.4 Å². The van der Waals surface area contributed by atoms with Crippen LogP contribution in [0.25, 0.3) is 33.9 Å². The quantitative estimate of drug-likeness (QED) is 0.490. The highest BCUT2D eigenvalue weighted by molar-refractivity contribution is 5.81. The predicted molar refractivity (Wildman–Crippen MR) is 104 cm³/mol. The van der Waals surface area contributed by atoms with Crippen LogP contribution in [0.3, 0.4) is 0 Å². The fraction of sp³-hybridized carbons (Fsp3) is 0.0870. The summed E-state index contributed by atoms with van der Waals surface area (Å²) in [6.07, 6.45) is 0. The van der Waals surface area contributed by atoms with Crippen LogP contribution < -0.4 is 0 Å². The zero-order valence-electron chi connectivity index (χ0n) is 14.5. The Morgan fingerprint density at radius 3 is 2.08 bits per heavy atom. The minimum absolute atomic E-state index is 0.901. The minimum Gasteiger partial charge on any atom is -0.337 e. The van der Waals surface area contributed by atoms with Crippen molar-refractivity contribution in [2.45, 2.75) is 13.8 Å². The van der Waals surface area contributed by atoms with Crippen LogP contribution in [0.15, 0.2) is 78.9 Å². The third-order valence-corrected chi connectivity index (χ3v) is 4.38. The van der Waals surface area contributed by atoms with Crippen molar-refractivity contribution < 1.29 is 0 Å². The molecule has 0 spiro atoms. The normalized spacial score (nSPS) is 10.8. The van der Waals surface area contributed by atoms with E-state index in [1.165, 1.54) is 11.1 Å². The van der Waals surface area contributed by atoms with E-state index in [2.05, 4.69) is 91.6 Å². The second-order valence-corrected chi connectivity index (χ2v) is 6.41. The molecule has 25 heavy (non-hydrogen) atoms. The van der Waals surface area contributed by atoms with Crippen LogP contribution in [0, 0.1) is 13.8 Å². The summed E-state index contributed by atoms with van der Waals surface area (Å²) in [6.45, 7) is 4.21. The molecule has 0 amide bonds. The van der Waals surface area contributed by atoms with E-state index in [-0.39, 0.29) is 0 Å². The number of hydrogen-bond acceptors (Lipinski definition) is 1. The first-order chi connectivity index (χ1) is 12.2. The highest BCUT2D eigenvalue weighted by Crippen LogP contribution is 2.33. The molecule has 4 aromatic rings. The van der Waals surface area contributed by atoms with Gasteiger partial charge in [-0.05, 0) is 19.9 Å². The molecule has 1 heterocycles. The zero-order chi connectivity index (χ0) is 17.2. The Kier molecular flexibility index (Phi) is 3.95. The summed E-state index contributed by atoms with van der Waals surface area (Å²) in [6, 6.07) is 27.3. The van der Waals surface area contributed by atoms with E-state index in [4.69, 9.17) is 4.98 Å². The Morgan fingerprint density at radius 1 is 0.640 bits per heavy atom. The first-order valence-electron chi connectivity index (χ1n) is 8.50. The van der Waals surface area contributed by atoms with Gasteiger partial charge in [0, 0.05) is 16.7 Å². The molecule has 0 atom stereocenters. The fourth-order valence-corrected chi connectivity index (χ4v) is 3.04. The van der Waals surface area contributed by atoms with Gasteiger partial charge in [0.15, 0.2) is 0 Å². The van der Waals surface area contributed by atoms with Gasteiger partial charge in [-0.2, -0.15) is 0 Å². The fourth-order valence-electron chi connectivity index (χ4n) is 3.04. The second kappa shape index (κ2) is 6.40. The number of aromatic amines is 1. The number of benzene rings is 3. The molecule has 0 radical (unpaired) electrons. The van der Waals surface area contributed by atoms with Gasteiger partial charge in [0.2, 0.25) is 0 Å². The summed E-state index contributed by atoms with van der Waals surface area (Å²) in [7, 11) is 0. The van der Waals surface area contributed by atoms with Crippen LogP contribution in [-0.2, 0) is 0 Å². The number of aromatic nitrogens is 2. The van der Waals surface area contributed by atoms with E-state index in [0.717, 1.165) is 33.9 Å². The Bertz CT molecular complexity index is 996. The van der Waals surface area contributed by atoms with Crippen LogP contribution in [0.5, 0.6) is 0 Å². The molecule has 1 aromatic heterocycles. The predicted octanol–water partition coefficient (Wildman–Crippen LogP) is 6.03. The molecule has 2 nitrogen and oxygen atoms in total. The van der Waals surface area contributed by atoms with Crippen molar-refractivity contribution in [2.24, 2.45) is 0 Å². The second-order valence-electron chi connectivity index (χ2n) is 6.41. The number of aryl methyl sites for hydroxylation is 2. The number of hydrogen-bond donors (Lipinski definition) is 1. The molecule has 0 bridgehead atoms. The summed E-state index contributed by atoms with van der Waals surface area (Å²) in [5.41, 5.74) is 7.90. The lowest BCUT2D eigenvalue weighted by Crippen LogP contribution is -1.84. The van der Waals surface area contributed by atoms with Crippen molar-refractivity contribution in [3.63, 3.8) is 0 Å². The van der Waals surface area contributed by atoms with Gasteiger partial charge in [-0.15, -0.1) is 0 Å². The van der Waals surface area contributed by atoms with Crippen LogP contribution >= 0.6 is 0 Å².